The molecule has 0 N–H and O–H groups in total. The molecule has 2 aromatic carbocycles. The maximum absolute atomic E-state index is 5.47. The minimum atomic E-state index is -0.406. The molecule has 2 aromatic rings. The van der Waals surface area contributed by atoms with Crippen molar-refractivity contribution in [1.82, 2.24) is 0 Å². The van der Waals surface area contributed by atoms with E-state index in [4.69, 9.17) is 8.85 Å². The van der Waals surface area contributed by atoms with Crippen molar-refractivity contribution >= 4 is 50.9 Å². The van der Waals surface area contributed by atoms with Crippen molar-refractivity contribution < 1.29 is 8.85 Å². The smallest absolute Gasteiger partial charge is 0.162 e. The van der Waals surface area contributed by atoms with Crippen molar-refractivity contribution in [3.05, 3.63) is 71.8 Å². The van der Waals surface area contributed by atoms with Crippen LogP contribution in [0.15, 0.2) is 60.7 Å². The zero-order chi connectivity index (χ0) is 19.2. The predicted octanol–water partition coefficient (Wildman–Crippen LogP) is 4.54. The van der Waals surface area contributed by atoms with Crippen molar-refractivity contribution in [2.45, 2.75) is 35.4 Å². The molecule has 2 nitrogen and oxygen atoms in total. The maximum Gasteiger partial charge on any atom is 0.162 e. The summed E-state index contributed by atoms with van der Waals surface area (Å²) in [5, 5.41) is 1.27. The Balaban J connectivity index is 1.84. The van der Waals surface area contributed by atoms with Crippen LogP contribution in [0, 0.1) is 0 Å². The van der Waals surface area contributed by atoms with Gasteiger partial charge in [-0.15, -0.1) is 0 Å². The fourth-order valence-electron chi connectivity index (χ4n) is 2.75. The number of hydrogen-bond acceptors (Lipinski definition) is 5. The molecule has 0 radical (unpaired) electrons. The molecule has 0 aliphatic rings. The van der Waals surface area contributed by atoms with E-state index in [9.17, 15) is 0 Å². The molecule has 0 aliphatic carbocycles. The molecule has 7 heteroatoms. The lowest BCUT2D eigenvalue weighted by molar-refractivity contribution is 0.440. The highest BCUT2D eigenvalue weighted by atomic mass is 33.5. The Bertz CT molecular complexity index is 551. The Morgan fingerprint density at radius 2 is 1.11 bits per heavy atom. The molecule has 0 fully saturated rings. The lowest BCUT2D eigenvalue weighted by Crippen LogP contribution is -2.11. The van der Waals surface area contributed by atoms with Gasteiger partial charge in [-0.1, -0.05) is 82.3 Å². The Morgan fingerprint density at radius 3 is 1.48 bits per heavy atom. The monoisotopic (exact) mass is 454 g/mol. The quantitative estimate of drug-likeness (QED) is 0.307. The molecule has 2 atom stereocenters. The number of hydrogen-bond donors (Lipinski definition) is 0. The first kappa shape index (κ1) is 23.1. The summed E-state index contributed by atoms with van der Waals surface area (Å²) in [6.45, 7) is 0. The Hall–Kier alpha value is -0.156. The number of benzene rings is 2. The third-order valence-electron chi connectivity index (χ3n) is 4.25. The van der Waals surface area contributed by atoms with E-state index < -0.39 is 19.5 Å². The van der Waals surface area contributed by atoms with Crippen LogP contribution in [0.4, 0.5) is 0 Å². The molecular formula is C20H30O2S3Si2. The molecular weight excluding hydrogens is 425 g/mol. The molecule has 0 bridgehead atoms. The van der Waals surface area contributed by atoms with Gasteiger partial charge in [-0.2, -0.15) is 0 Å². The van der Waals surface area contributed by atoms with Crippen LogP contribution in [-0.2, 0) is 21.7 Å². The van der Waals surface area contributed by atoms with Crippen molar-refractivity contribution in [1.29, 1.82) is 0 Å². The van der Waals surface area contributed by atoms with Gasteiger partial charge >= 0.3 is 0 Å². The zero-order valence-corrected chi connectivity index (χ0v) is 21.5. The van der Waals surface area contributed by atoms with Crippen molar-refractivity contribution in [3.8, 4) is 0 Å². The molecule has 2 unspecified atom stereocenters. The van der Waals surface area contributed by atoms with Crippen LogP contribution in [0.5, 0.6) is 0 Å². The average molecular weight is 455 g/mol. The molecule has 0 spiro atoms. The molecule has 2 rings (SSSR count). The minimum Gasteiger partial charge on any atom is -0.427 e. The van der Waals surface area contributed by atoms with Crippen LogP contribution in [0.25, 0.3) is 0 Å². The minimum absolute atomic E-state index is 0.406. The van der Waals surface area contributed by atoms with Gasteiger partial charge in [-0.05, 0) is 45.9 Å². The Morgan fingerprint density at radius 1 is 0.704 bits per heavy atom. The summed E-state index contributed by atoms with van der Waals surface area (Å²) in [5.74, 6) is 0. The van der Waals surface area contributed by atoms with E-state index in [0.717, 1.165) is 12.8 Å². The van der Waals surface area contributed by atoms with Gasteiger partial charge < -0.3 is 8.85 Å². The molecule has 27 heavy (non-hydrogen) atoms. The molecule has 0 saturated heterocycles. The summed E-state index contributed by atoms with van der Waals surface area (Å²) in [4.78, 5) is 0. The average Bonchev–Trinajstić information content (AvgIpc) is 2.71. The highest BCUT2D eigenvalue weighted by Gasteiger charge is 2.16. The lowest BCUT2D eigenvalue weighted by Gasteiger charge is -2.18. The highest BCUT2D eigenvalue weighted by Crippen LogP contribution is 2.44. The Labute approximate surface area is 180 Å². The highest BCUT2D eigenvalue weighted by molar-refractivity contribution is 9.09. The van der Waals surface area contributed by atoms with Crippen LogP contribution in [0.1, 0.15) is 11.1 Å². The van der Waals surface area contributed by atoms with Gasteiger partial charge in [0.1, 0.15) is 0 Å². The fraction of sp³-hybridized carbons (Fsp3) is 0.400. The summed E-state index contributed by atoms with van der Waals surface area (Å²) >= 11 is 0. The van der Waals surface area contributed by atoms with Gasteiger partial charge in [-0.3, -0.25) is 0 Å². The van der Waals surface area contributed by atoms with Gasteiger partial charge in [0.2, 0.25) is 0 Å². The standard InChI is InChI=1S/C20H30O2S3Si2/c1-21-26-15-19(13-17-9-5-3-6-10-17)23-25-24-20(16-27-22-2)14-18-11-7-4-8-12-18/h3-12,19-20H,13-16,26-27H2,1-2H3. The van der Waals surface area contributed by atoms with Gasteiger partial charge in [-0.25, -0.2) is 0 Å². The molecule has 0 saturated carbocycles. The second kappa shape index (κ2) is 14.8. The van der Waals surface area contributed by atoms with E-state index in [2.05, 4.69) is 60.7 Å². The first-order valence-corrected chi connectivity index (χ1v) is 16.1. The van der Waals surface area contributed by atoms with Crippen LogP contribution in [-0.4, -0.2) is 44.2 Å². The van der Waals surface area contributed by atoms with Gasteiger partial charge in [0.15, 0.2) is 19.5 Å². The summed E-state index contributed by atoms with van der Waals surface area (Å²) in [7, 11) is 8.94. The topological polar surface area (TPSA) is 18.5 Å². The predicted molar refractivity (Wildman–Crippen MR) is 131 cm³/mol. The Kier molecular flexibility index (Phi) is 12.7. The van der Waals surface area contributed by atoms with Crippen molar-refractivity contribution in [2.24, 2.45) is 0 Å². The second-order valence-electron chi connectivity index (χ2n) is 6.45. The summed E-state index contributed by atoms with van der Waals surface area (Å²) < 4.78 is 10.9. The summed E-state index contributed by atoms with van der Waals surface area (Å²) in [6.07, 6.45) is 2.26. The summed E-state index contributed by atoms with van der Waals surface area (Å²) in [6, 6.07) is 24.1. The zero-order valence-electron chi connectivity index (χ0n) is 16.2. The van der Waals surface area contributed by atoms with E-state index in [1.807, 2.05) is 45.6 Å². The van der Waals surface area contributed by atoms with Gasteiger partial charge in [0, 0.05) is 24.7 Å². The first-order valence-electron chi connectivity index (χ1n) is 9.36. The van der Waals surface area contributed by atoms with E-state index in [-0.39, 0.29) is 0 Å². The SMILES string of the molecule is CO[SiH2]CC(Cc1ccccc1)SSSC(C[SiH2]OC)Cc1ccccc1. The van der Waals surface area contributed by atoms with E-state index in [1.54, 1.807) is 0 Å². The summed E-state index contributed by atoms with van der Waals surface area (Å²) in [5.41, 5.74) is 2.86. The fourth-order valence-corrected chi connectivity index (χ4v) is 11.6. The molecule has 0 heterocycles. The molecule has 0 amide bonds. The van der Waals surface area contributed by atoms with Crippen LogP contribution in [0.2, 0.25) is 12.1 Å². The van der Waals surface area contributed by atoms with E-state index in [1.165, 1.54) is 23.2 Å². The maximum atomic E-state index is 5.47. The first-order chi connectivity index (χ1) is 13.3. The normalized spacial score (nSPS) is 14.3. The second-order valence-corrected chi connectivity index (χ2v) is 14.2. The van der Waals surface area contributed by atoms with Crippen LogP contribution < -0.4 is 0 Å². The van der Waals surface area contributed by atoms with Crippen molar-refractivity contribution in [3.63, 3.8) is 0 Å². The van der Waals surface area contributed by atoms with E-state index >= 15 is 0 Å². The third-order valence-corrected chi connectivity index (χ3v) is 12.8. The van der Waals surface area contributed by atoms with Gasteiger partial charge in [0.25, 0.3) is 0 Å². The molecule has 0 aromatic heterocycles. The third kappa shape index (κ3) is 10.3. The van der Waals surface area contributed by atoms with Crippen molar-refractivity contribution in [2.75, 3.05) is 14.2 Å². The van der Waals surface area contributed by atoms with Gasteiger partial charge in [0.05, 0.1) is 0 Å². The molecule has 148 valence electrons. The van der Waals surface area contributed by atoms with E-state index in [0.29, 0.717) is 10.5 Å². The van der Waals surface area contributed by atoms with Crippen LogP contribution in [0.3, 0.4) is 0 Å². The van der Waals surface area contributed by atoms with Crippen LogP contribution >= 0.6 is 31.4 Å². The lowest BCUT2D eigenvalue weighted by atomic mass is 10.1. The molecule has 0 aliphatic heterocycles. The largest absolute Gasteiger partial charge is 0.427 e. The number of rotatable bonds is 14.